The van der Waals surface area contributed by atoms with Gasteiger partial charge in [-0.2, -0.15) is 4.31 Å². The summed E-state index contributed by atoms with van der Waals surface area (Å²) >= 11 is 13.0. The molecule has 1 fully saturated rings. The standard InChI is InChI=1S/C19H18Cl2N2O5S2/c1-28-19(25)14-11-18(29-12-14)30(26,27)23-8-6-22(7-9-23)17(24)5-2-13-10-15(20)3-4-16(13)21/h2-5,10-12H,6-9H2,1H3/b5-2+. The Balaban J connectivity index is 1.63. The molecule has 1 saturated heterocycles. The lowest BCUT2D eigenvalue weighted by Gasteiger charge is -2.33. The fourth-order valence-electron chi connectivity index (χ4n) is 2.86. The van der Waals surface area contributed by atoms with Gasteiger partial charge in [0.15, 0.2) is 0 Å². The van der Waals surface area contributed by atoms with Gasteiger partial charge in [0.2, 0.25) is 5.91 Å². The maximum absolute atomic E-state index is 12.8. The number of hydrogen-bond donors (Lipinski definition) is 0. The van der Waals surface area contributed by atoms with E-state index in [-0.39, 0.29) is 41.9 Å². The SMILES string of the molecule is COC(=O)c1csc(S(=O)(=O)N2CCN(C(=O)/C=C/c3cc(Cl)ccc3Cl)CC2)c1. The lowest BCUT2D eigenvalue weighted by Crippen LogP contribution is -2.50. The number of carbonyl (C=O) groups is 2. The second-order valence-corrected chi connectivity index (χ2v) is 10.3. The third-order valence-corrected chi connectivity index (χ3v) is 8.40. The van der Waals surface area contributed by atoms with Crippen LogP contribution in [-0.2, 0) is 19.6 Å². The number of hydrogen-bond acceptors (Lipinski definition) is 6. The molecule has 0 aliphatic carbocycles. The predicted molar refractivity (Wildman–Crippen MR) is 116 cm³/mol. The van der Waals surface area contributed by atoms with Gasteiger partial charge in [0, 0.05) is 47.7 Å². The summed E-state index contributed by atoms with van der Waals surface area (Å²) in [4.78, 5) is 25.6. The number of amides is 1. The van der Waals surface area contributed by atoms with E-state index in [0.717, 1.165) is 11.3 Å². The summed E-state index contributed by atoms with van der Waals surface area (Å²) in [5.74, 6) is -0.832. The number of nitrogens with zero attached hydrogens (tertiary/aromatic N) is 2. The molecule has 3 rings (SSSR count). The number of carbonyl (C=O) groups excluding carboxylic acids is 2. The average Bonchev–Trinajstić information content (AvgIpc) is 3.25. The number of thiophene rings is 1. The summed E-state index contributed by atoms with van der Waals surface area (Å²) < 4.78 is 31.6. The smallest absolute Gasteiger partial charge is 0.338 e. The first-order chi connectivity index (χ1) is 14.2. The molecule has 0 atom stereocenters. The highest BCUT2D eigenvalue weighted by Gasteiger charge is 2.31. The monoisotopic (exact) mass is 488 g/mol. The molecule has 11 heteroatoms. The van der Waals surface area contributed by atoms with Crippen molar-refractivity contribution in [3.63, 3.8) is 0 Å². The van der Waals surface area contributed by atoms with Crippen LogP contribution in [0.3, 0.4) is 0 Å². The lowest BCUT2D eigenvalue weighted by atomic mass is 10.2. The van der Waals surface area contributed by atoms with Crippen molar-refractivity contribution in [2.45, 2.75) is 4.21 Å². The van der Waals surface area contributed by atoms with Crippen molar-refractivity contribution in [2.75, 3.05) is 33.3 Å². The van der Waals surface area contributed by atoms with Crippen molar-refractivity contribution < 1.29 is 22.7 Å². The summed E-state index contributed by atoms with van der Waals surface area (Å²) in [6.07, 6.45) is 2.98. The Labute approximate surface area is 188 Å². The number of esters is 1. The van der Waals surface area contributed by atoms with Crippen LogP contribution >= 0.6 is 34.5 Å². The normalized spacial score (nSPS) is 15.5. The van der Waals surface area contributed by atoms with Gasteiger partial charge in [0.05, 0.1) is 12.7 Å². The Hall–Kier alpha value is -1.91. The quantitative estimate of drug-likeness (QED) is 0.475. The molecular formula is C19H18Cl2N2O5S2. The molecule has 1 aliphatic rings. The van der Waals surface area contributed by atoms with Crippen LogP contribution in [0.5, 0.6) is 0 Å². The van der Waals surface area contributed by atoms with E-state index >= 15 is 0 Å². The summed E-state index contributed by atoms with van der Waals surface area (Å²) in [5, 5.41) is 2.43. The lowest BCUT2D eigenvalue weighted by molar-refractivity contribution is -0.127. The average molecular weight is 489 g/mol. The Morgan fingerprint density at radius 2 is 1.83 bits per heavy atom. The Kier molecular flexibility index (Phi) is 7.20. The van der Waals surface area contributed by atoms with Crippen LogP contribution in [-0.4, -0.2) is 62.8 Å². The zero-order valence-corrected chi connectivity index (χ0v) is 19.0. The van der Waals surface area contributed by atoms with E-state index in [4.69, 9.17) is 23.2 Å². The van der Waals surface area contributed by atoms with E-state index in [1.165, 1.54) is 28.9 Å². The van der Waals surface area contributed by atoms with Gasteiger partial charge >= 0.3 is 5.97 Å². The minimum atomic E-state index is -3.74. The maximum Gasteiger partial charge on any atom is 0.338 e. The first-order valence-electron chi connectivity index (χ1n) is 8.81. The Bertz CT molecular complexity index is 1090. The summed E-state index contributed by atoms with van der Waals surface area (Å²) in [7, 11) is -2.51. The number of halogens is 2. The zero-order chi connectivity index (χ0) is 21.9. The van der Waals surface area contributed by atoms with E-state index in [2.05, 4.69) is 4.74 Å². The van der Waals surface area contributed by atoms with Crippen molar-refractivity contribution in [1.29, 1.82) is 0 Å². The molecule has 0 bridgehead atoms. The summed E-state index contributed by atoms with van der Waals surface area (Å²) in [6.45, 7) is 0.818. The molecule has 7 nitrogen and oxygen atoms in total. The van der Waals surface area contributed by atoms with Crippen molar-refractivity contribution >= 4 is 62.5 Å². The summed E-state index contributed by atoms with van der Waals surface area (Å²) in [6, 6.07) is 6.26. The fourth-order valence-corrected chi connectivity index (χ4v) is 5.95. The Morgan fingerprint density at radius 1 is 1.13 bits per heavy atom. The van der Waals surface area contributed by atoms with Gasteiger partial charge in [0.25, 0.3) is 10.0 Å². The minimum Gasteiger partial charge on any atom is -0.465 e. The van der Waals surface area contributed by atoms with E-state index in [9.17, 15) is 18.0 Å². The highest BCUT2D eigenvalue weighted by Crippen LogP contribution is 2.26. The van der Waals surface area contributed by atoms with Crippen molar-refractivity contribution in [3.8, 4) is 0 Å². The van der Waals surface area contributed by atoms with Crippen LogP contribution in [0.4, 0.5) is 0 Å². The van der Waals surface area contributed by atoms with Gasteiger partial charge in [-0.1, -0.05) is 23.2 Å². The molecule has 0 unspecified atom stereocenters. The van der Waals surface area contributed by atoms with Crippen LogP contribution in [0.25, 0.3) is 6.08 Å². The van der Waals surface area contributed by atoms with Crippen LogP contribution in [0.1, 0.15) is 15.9 Å². The van der Waals surface area contributed by atoms with E-state index in [0.29, 0.717) is 15.6 Å². The van der Waals surface area contributed by atoms with E-state index in [1.807, 2.05) is 0 Å². The van der Waals surface area contributed by atoms with E-state index in [1.54, 1.807) is 29.2 Å². The third-order valence-electron chi connectivity index (χ3n) is 4.50. The largest absolute Gasteiger partial charge is 0.465 e. The number of methoxy groups -OCH3 is 1. The van der Waals surface area contributed by atoms with Gasteiger partial charge in [-0.05, 0) is 35.9 Å². The third kappa shape index (κ3) is 5.04. The maximum atomic E-state index is 12.8. The van der Waals surface area contributed by atoms with Crippen molar-refractivity contribution in [3.05, 3.63) is 56.9 Å². The molecule has 2 heterocycles. The molecule has 1 amide bonds. The van der Waals surface area contributed by atoms with E-state index < -0.39 is 16.0 Å². The van der Waals surface area contributed by atoms with Crippen LogP contribution in [0.2, 0.25) is 10.0 Å². The molecule has 0 spiro atoms. The fraction of sp³-hybridized carbons (Fsp3) is 0.263. The predicted octanol–water partition coefficient (Wildman–Crippen LogP) is 3.39. The summed E-state index contributed by atoms with van der Waals surface area (Å²) in [5.41, 5.74) is 0.817. The molecule has 1 aliphatic heterocycles. The van der Waals surface area contributed by atoms with Crippen molar-refractivity contribution in [2.24, 2.45) is 0 Å². The minimum absolute atomic E-state index is 0.0678. The van der Waals surface area contributed by atoms with Gasteiger partial charge in [-0.25, -0.2) is 13.2 Å². The molecule has 1 aromatic carbocycles. The molecule has 0 radical (unpaired) electrons. The van der Waals surface area contributed by atoms with Gasteiger partial charge in [-0.3, -0.25) is 4.79 Å². The molecular weight excluding hydrogens is 471 g/mol. The molecule has 1 aromatic heterocycles. The Morgan fingerprint density at radius 3 is 2.50 bits per heavy atom. The second-order valence-electron chi connectivity index (χ2n) is 6.37. The van der Waals surface area contributed by atoms with Gasteiger partial charge < -0.3 is 9.64 Å². The number of piperazine rings is 1. The van der Waals surface area contributed by atoms with Crippen molar-refractivity contribution in [1.82, 2.24) is 9.21 Å². The van der Waals surface area contributed by atoms with Gasteiger partial charge in [0.1, 0.15) is 4.21 Å². The molecule has 160 valence electrons. The number of benzene rings is 1. The highest BCUT2D eigenvalue weighted by atomic mass is 35.5. The topological polar surface area (TPSA) is 84.0 Å². The number of ether oxygens (including phenoxy) is 1. The van der Waals surface area contributed by atoms with Gasteiger partial charge in [-0.15, -0.1) is 11.3 Å². The molecule has 0 saturated carbocycles. The molecule has 0 N–H and O–H groups in total. The number of rotatable bonds is 5. The first kappa shape index (κ1) is 22.8. The molecule has 2 aromatic rings. The van der Waals surface area contributed by atoms with Crippen LogP contribution < -0.4 is 0 Å². The zero-order valence-electron chi connectivity index (χ0n) is 15.9. The first-order valence-corrected chi connectivity index (χ1v) is 11.9. The number of sulfonamides is 1. The molecule has 30 heavy (non-hydrogen) atoms. The van der Waals surface area contributed by atoms with Crippen LogP contribution in [0.15, 0.2) is 39.9 Å². The van der Waals surface area contributed by atoms with Crippen LogP contribution in [0, 0.1) is 0 Å². The highest BCUT2D eigenvalue weighted by molar-refractivity contribution is 7.91. The second kappa shape index (κ2) is 9.49.